The van der Waals surface area contributed by atoms with Gasteiger partial charge in [-0.1, -0.05) is 30.3 Å². The number of H-pyrrole nitrogens is 2. The van der Waals surface area contributed by atoms with Crippen molar-refractivity contribution < 1.29 is 17.5 Å². The van der Waals surface area contributed by atoms with Gasteiger partial charge in [0.15, 0.2) is 11.5 Å². The molecule has 0 fully saturated rings. The molecule has 2 aromatic carbocycles. The first-order valence-electron chi connectivity index (χ1n) is 13.8. The van der Waals surface area contributed by atoms with E-state index in [1.807, 2.05) is 48.5 Å². The van der Waals surface area contributed by atoms with Crippen LogP contribution in [0.2, 0.25) is 0 Å². The van der Waals surface area contributed by atoms with Crippen molar-refractivity contribution in [1.29, 1.82) is 0 Å². The predicted molar refractivity (Wildman–Crippen MR) is 168 cm³/mol. The van der Waals surface area contributed by atoms with Crippen molar-refractivity contribution >= 4 is 32.1 Å². The van der Waals surface area contributed by atoms with Gasteiger partial charge in [-0.05, 0) is 53.1 Å². The second-order valence-electron chi connectivity index (χ2n) is 10.5. The minimum absolute atomic E-state index is 0.0519. The lowest BCUT2D eigenvalue weighted by molar-refractivity contribution is 0.305. The van der Waals surface area contributed by atoms with E-state index < -0.39 is 15.8 Å². The summed E-state index contributed by atoms with van der Waals surface area (Å²) in [6.07, 6.45) is 7.66. The molecule has 0 amide bonds. The van der Waals surface area contributed by atoms with E-state index in [2.05, 4.69) is 29.9 Å². The first-order valence-corrected chi connectivity index (χ1v) is 15.7. The summed E-state index contributed by atoms with van der Waals surface area (Å²) in [5, 5.41) is 7.50. The van der Waals surface area contributed by atoms with Crippen LogP contribution in [0.5, 0.6) is 5.75 Å². The van der Waals surface area contributed by atoms with Gasteiger partial charge in [0.2, 0.25) is 10.0 Å². The first kappa shape index (κ1) is 28.3. The number of fused-ring (bicyclic) bond motifs is 2. The van der Waals surface area contributed by atoms with E-state index in [9.17, 15) is 12.8 Å². The summed E-state index contributed by atoms with van der Waals surface area (Å²) < 4.78 is 46.1. The van der Waals surface area contributed by atoms with Gasteiger partial charge in [0.05, 0.1) is 40.9 Å². The Morgan fingerprint density at radius 3 is 2.53 bits per heavy atom. The van der Waals surface area contributed by atoms with Crippen molar-refractivity contribution in [3.63, 3.8) is 0 Å². The monoisotopic (exact) mass is 620 g/mol. The molecular formula is C32H25FN8O3S. The van der Waals surface area contributed by atoms with Crippen LogP contribution in [0.3, 0.4) is 0 Å². The lowest BCUT2D eigenvalue weighted by atomic mass is 10.0. The molecule has 45 heavy (non-hydrogen) atoms. The Hall–Kier alpha value is -5.53. The number of aromatic amines is 2. The van der Waals surface area contributed by atoms with Crippen LogP contribution in [0.1, 0.15) is 11.1 Å². The van der Waals surface area contributed by atoms with Crippen molar-refractivity contribution in [3.8, 4) is 39.7 Å². The van der Waals surface area contributed by atoms with Crippen LogP contribution >= 0.6 is 0 Å². The Morgan fingerprint density at radius 1 is 0.844 bits per heavy atom. The molecule has 11 nitrogen and oxygen atoms in total. The molecule has 0 radical (unpaired) electrons. The Bertz CT molecular complexity index is 2290. The molecule has 7 aromatic rings. The van der Waals surface area contributed by atoms with Crippen molar-refractivity contribution in [2.24, 2.45) is 0 Å². The van der Waals surface area contributed by atoms with Gasteiger partial charge in [0.1, 0.15) is 23.7 Å². The second kappa shape index (κ2) is 11.5. The topological polar surface area (TPSA) is 151 Å². The van der Waals surface area contributed by atoms with Crippen LogP contribution < -0.4 is 9.46 Å². The maximum Gasteiger partial charge on any atom is 0.209 e. The highest BCUT2D eigenvalue weighted by Gasteiger charge is 2.18. The number of imidazole rings is 1. The molecule has 224 valence electrons. The van der Waals surface area contributed by atoms with Gasteiger partial charge in [0, 0.05) is 30.1 Å². The minimum atomic E-state index is -3.45. The Labute approximate surface area is 256 Å². The molecule has 0 saturated heterocycles. The van der Waals surface area contributed by atoms with Gasteiger partial charge in [-0.2, -0.15) is 5.10 Å². The molecule has 3 N–H and O–H groups in total. The van der Waals surface area contributed by atoms with Crippen molar-refractivity contribution in [2.45, 2.75) is 13.2 Å². The number of nitrogens with one attached hydrogen (secondary N) is 3. The molecule has 0 atom stereocenters. The van der Waals surface area contributed by atoms with E-state index in [0.29, 0.717) is 68.3 Å². The van der Waals surface area contributed by atoms with Gasteiger partial charge in [-0.15, -0.1) is 0 Å². The number of ether oxygens (including phenoxy) is 1. The van der Waals surface area contributed by atoms with Gasteiger partial charge in [0.25, 0.3) is 0 Å². The summed E-state index contributed by atoms with van der Waals surface area (Å²) in [6.45, 7) is 0.366. The summed E-state index contributed by atoms with van der Waals surface area (Å²) in [4.78, 5) is 21.6. The molecule has 0 saturated carbocycles. The third-order valence-electron chi connectivity index (χ3n) is 7.09. The molecule has 5 heterocycles. The van der Waals surface area contributed by atoms with Crippen LogP contribution in [0.25, 0.3) is 56.0 Å². The van der Waals surface area contributed by atoms with E-state index >= 15 is 0 Å². The van der Waals surface area contributed by atoms with E-state index in [1.54, 1.807) is 30.9 Å². The summed E-state index contributed by atoms with van der Waals surface area (Å²) in [6, 6.07) is 19.9. The molecule has 0 spiro atoms. The lowest BCUT2D eigenvalue weighted by Gasteiger charge is -2.08. The number of sulfonamides is 1. The zero-order valence-electron chi connectivity index (χ0n) is 23.8. The average molecular weight is 621 g/mol. The standard InChI is InChI=1S/C32H25FN8O3S/c1-45(42,43)36-13-20-9-21(11-23(33)10-20)25-16-35-17-28-29(25)39-32(38-28)31-30-27(40-41-31)8-7-26(37-30)22-12-24(15-34-14-22)44-18-19-5-3-2-4-6-19/h2-12,14-17,36H,13,18H2,1H3,(H,38,39)(H,40,41). The third-order valence-corrected chi connectivity index (χ3v) is 7.76. The second-order valence-corrected chi connectivity index (χ2v) is 12.3. The van der Waals surface area contributed by atoms with Gasteiger partial charge in [-0.3, -0.25) is 15.1 Å². The summed E-state index contributed by atoms with van der Waals surface area (Å²) >= 11 is 0. The normalized spacial score (nSPS) is 11.8. The highest BCUT2D eigenvalue weighted by atomic mass is 32.2. The Morgan fingerprint density at radius 2 is 1.69 bits per heavy atom. The zero-order chi connectivity index (χ0) is 31.0. The number of hydrogen-bond donors (Lipinski definition) is 3. The number of nitrogens with zero attached hydrogens (tertiary/aromatic N) is 5. The smallest absolute Gasteiger partial charge is 0.209 e. The molecular weight excluding hydrogens is 595 g/mol. The van der Waals surface area contributed by atoms with Crippen LogP contribution in [0, 0.1) is 5.82 Å². The number of benzene rings is 2. The highest BCUT2D eigenvalue weighted by Crippen LogP contribution is 2.32. The molecule has 0 aliphatic heterocycles. The number of pyridine rings is 3. The van der Waals surface area contributed by atoms with Crippen molar-refractivity contribution in [2.75, 3.05) is 6.26 Å². The number of rotatable bonds is 9. The van der Waals surface area contributed by atoms with Gasteiger partial charge in [-0.25, -0.2) is 27.5 Å². The van der Waals surface area contributed by atoms with Crippen LogP contribution in [0.4, 0.5) is 4.39 Å². The summed E-state index contributed by atoms with van der Waals surface area (Å²) in [5.41, 5.74) is 7.01. The van der Waals surface area contributed by atoms with E-state index in [4.69, 9.17) is 14.7 Å². The van der Waals surface area contributed by atoms with E-state index in [0.717, 1.165) is 17.4 Å². The number of hydrogen-bond acceptors (Lipinski definition) is 8. The van der Waals surface area contributed by atoms with Crippen LogP contribution in [-0.4, -0.2) is 49.8 Å². The fourth-order valence-electron chi connectivity index (χ4n) is 4.98. The molecule has 0 unspecified atom stereocenters. The summed E-state index contributed by atoms with van der Waals surface area (Å²) in [7, 11) is -3.45. The first-order chi connectivity index (χ1) is 21.8. The minimum Gasteiger partial charge on any atom is -0.487 e. The molecule has 5 aromatic heterocycles. The zero-order valence-corrected chi connectivity index (χ0v) is 24.6. The highest BCUT2D eigenvalue weighted by molar-refractivity contribution is 7.88. The SMILES string of the molecule is CS(=O)(=O)NCc1cc(F)cc(-c2cncc3[nH]c(-c4n[nH]c5ccc(-c6cncc(OCc7ccccc7)c6)nc45)nc23)c1. The third kappa shape index (κ3) is 6.12. The molecule has 13 heteroatoms. The fourth-order valence-corrected chi connectivity index (χ4v) is 5.41. The molecule has 0 aliphatic carbocycles. The van der Waals surface area contributed by atoms with Crippen molar-refractivity contribution in [3.05, 3.63) is 108 Å². The molecule has 7 rings (SSSR count). The largest absolute Gasteiger partial charge is 0.487 e. The predicted octanol–water partition coefficient (Wildman–Crippen LogP) is 5.39. The number of halogens is 1. The van der Waals surface area contributed by atoms with E-state index in [-0.39, 0.29) is 6.54 Å². The molecule has 0 aliphatic rings. The average Bonchev–Trinajstić information content (AvgIpc) is 3.67. The van der Waals surface area contributed by atoms with Crippen LogP contribution in [0.15, 0.2) is 91.5 Å². The lowest BCUT2D eigenvalue weighted by Crippen LogP contribution is -2.21. The van der Waals surface area contributed by atoms with E-state index in [1.165, 1.54) is 12.1 Å². The van der Waals surface area contributed by atoms with Crippen molar-refractivity contribution in [1.82, 2.24) is 39.8 Å². The maximum absolute atomic E-state index is 14.6. The Balaban J connectivity index is 1.22. The quantitative estimate of drug-likeness (QED) is 0.194. The van der Waals surface area contributed by atoms with Gasteiger partial charge >= 0.3 is 0 Å². The van der Waals surface area contributed by atoms with Crippen LogP contribution in [-0.2, 0) is 23.2 Å². The summed E-state index contributed by atoms with van der Waals surface area (Å²) in [5.74, 6) is 0.559. The molecule has 0 bridgehead atoms. The maximum atomic E-state index is 14.6. The Kier molecular flexibility index (Phi) is 7.23. The van der Waals surface area contributed by atoms with Gasteiger partial charge < -0.3 is 9.72 Å². The fraction of sp³-hybridized carbons (Fsp3) is 0.0938. The number of aromatic nitrogens is 7.